The zero-order chi connectivity index (χ0) is 18.3. The summed E-state index contributed by atoms with van der Waals surface area (Å²) in [4.78, 5) is 23.2. The molecule has 0 saturated heterocycles. The molecular weight excluding hydrogens is 335 g/mol. The first-order valence-electron chi connectivity index (χ1n) is 7.22. The summed E-state index contributed by atoms with van der Waals surface area (Å²) in [5, 5.41) is 2.09. The number of hydrogen-bond acceptors (Lipinski definition) is 3. The summed E-state index contributed by atoms with van der Waals surface area (Å²) in [6.07, 6.45) is -1.97. The molecule has 0 fully saturated rings. The van der Waals surface area contributed by atoms with Gasteiger partial charge in [-0.2, -0.15) is 13.2 Å². The maximum Gasteiger partial charge on any atom is 0.418 e. The summed E-state index contributed by atoms with van der Waals surface area (Å²) in [6.45, 7) is -0.690. The van der Waals surface area contributed by atoms with Gasteiger partial charge in [0.25, 0.3) is 5.91 Å². The monoisotopic (exact) mass is 349 g/mol. The SMILES string of the molecule is O=C(COC(=O)/C=C/c1ccccc1)Nc1ccccc1C(F)(F)F. The van der Waals surface area contributed by atoms with Gasteiger partial charge >= 0.3 is 12.1 Å². The molecule has 0 saturated carbocycles. The van der Waals surface area contributed by atoms with Crippen molar-refractivity contribution in [1.82, 2.24) is 0 Å². The number of ether oxygens (including phenoxy) is 1. The average Bonchev–Trinajstić information content (AvgIpc) is 2.58. The third-order valence-corrected chi connectivity index (χ3v) is 3.06. The summed E-state index contributed by atoms with van der Waals surface area (Å²) in [5.41, 5.74) is -0.600. The number of amides is 1. The van der Waals surface area contributed by atoms with Crippen molar-refractivity contribution in [2.75, 3.05) is 11.9 Å². The molecule has 0 radical (unpaired) electrons. The second kappa shape index (κ2) is 8.14. The molecule has 7 heteroatoms. The molecule has 0 aliphatic heterocycles. The summed E-state index contributed by atoms with van der Waals surface area (Å²) >= 11 is 0. The van der Waals surface area contributed by atoms with Crippen LogP contribution in [0.1, 0.15) is 11.1 Å². The van der Waals surface area contributed by atoms with E-state index in [-0.39, 0.29) is 0 Å². The highest BCUT2D eigenvalue weighted by molar-refractivity contribution is 5.95. The van der Waals surface area contributed by atoms with E-state index in [4.69, 9.17) is 4.74 Å². The Labute approximate surface area is 141 Å². The molecule has 0 spiro atoms. The zero-order valence-electron chi connectivity index (χ0n) is 12.9. The lowest BCUT2D eigenvalue weighted by Crippen LogP contribution is -2.22. The number of nitrogens with one attached hydrogen (secondary N) is 1. The number of anilines is 1. The van der Waals surface area contributed by atoms with Gasteiger partial charge in [0, 0.05) is 6.08 Å². The van der Waals surface area contributed by atoms with Gasteiger partial charge in [-0.3, -0.25) is 4.79 Å². The fraction of sp³-hybridized carbons (Fsp3) is 0.111. The van der Waals surface area contributed by atoms with E-state index in [1.165, 1.54) is 18.2 Å². The van der Waals surface area contributed by atoms with Gasteiger partial charge in [0.05, 0.1) is 11.3 Å². The first-order chi connectivity index (χ1) is 11.9. The van der Waals surface area contributed by atoms with Crippen LogP contribution in [0.25, 0.3) is 6.08 Å². The molecule has 0 heterocycles. The van der Waals surface area contributed by atoms with Crippen molar-refractivity contribution in [3.05, 3.63) is 71.8 Å². The van der Waals surface area contributed by atoms with Gasteiger partial charge < -0.3 is 10.1 Å². The van der Waals surface area contributed by atoms with E-state index in [0.29, 0.717) is 0 Å². The fourth-order valence-electron chi connectivity index (χ4n) is 1.94. The van der Waals surface area contributed by atoms with E-state index in [9.17, 15) is 22.8 Å². The Morgan fingerprint density at radius 2 is 1.64 bits per heavy atom. The molecule has 4 nitrogen and oxygen atoms in total. The molecule has 0 unspecified atom stereocenters. The lowest BCUT2D eigenvalue weighted by Gasteiger charge is -2.13. The molecule has 2 aromatic carbocycles. The van der Waals surface area contributed by atoms with Crippen LogP contribution in [0.2, 0.25) is 0 Å². The Morgan fingerprint density at radius 1 is 1.00 bits per heavy atom. The lowest BCUT2D eigenvalue weighted by molar-refractivity contribution is -0.142. The Bertz CT molecular complexity index is 771. The molecule has 1 N–H and O–H groups in total. The predicted octanol–water partition coefficient (Wildman–Crippen LogP) is 3.90. The van der Waals surface area contributed by atoms with E-state index in [2.05, 4.69) is 5.32 Å². The van der Waals surface area contributed by atoms with E-state index in [1.807, 2.05) is 6.07 Å². The quantitative estimate of drug-likeness (QED) is 0.658. The summed E-state index contributed by atoms with van der Waals surface area (Å²) in [5.74, 6) is -1.64. The molecule has 0 aliphatic rings. The number of para-hydroxylation sites is 1. The molecule has 0 aromatic heterocycles. The highest BCUT2D eigenvalue weighted by Crippen LogP contribution is 2.34. The van der Waals surface area contributed by atoms with Crippen molar-refractivity contribution in [3.8, 4) is 0 Å². The van der Waals surface area contributed by atoms with Crippen molar-refractivity contribution in [2.45, 2.75) is 6.18 Å². The third kappa shape index (κ3) is 5.80. The second-order valence-corrected chi connectivity index (χ2v) is 4.94. The molecule has 0 atom stereocenters. The van der Waals surface area contributed by atoms with Gasteiger partial charge in [-0.05, 0) is 23.8 Å². The van der Waals surface area contributed by atoms with E-state index in [0.717, 1.165) is 23.8 Å². The number of halogens is 3. The van der Waals surface area contributed by atoms with Crippen LogP contribution in [-0.4, -0.2) is 18.5 Å². The van der Waals surface area contributed by atoms with Gasteiger partial charge in [0.2, 0.25) is 0 Å². The summed E-state index contributed by atoms with van der Waals surface area (Å²) in [7, 11) is 0. The van der Waals surface area contributed by atoms with Gasteiger partial charge in [0.15, 0.2) is 6.61 Å². The minimum absolute atomic E-state index is 0.393. The van der Waals surface area contributed by atoms with Crippen LogP contribution in [0.4, 0.5) is 18.9 Å². The predicted molar refractivity (Wildman–Crippen MR) is 86.5 cm³/mol. The zero-order valence-corrected chi connectivity index (χ0v) is 12.9. The Kier molecular flexibility index (Phi) is 5.94. The second-order valence-electron chi connectivity index (χ2n) is 4.94. The fourth-order valence-corrected chi connectivity index (χ4v) is 1.94. The smallest absolute Gasteiger partial charge is 0.418 e. The highest BCUT2D eigenvalue weighted by atomic mass is 19.4. The van der Waals surface area contributed by atoms with Gasteiger partial charge in [-0.1, -0.05) is 42.5 Å². The van der Waals surface area contributed by atoms with Crippen molar-refractivity contribution in [3.63, 3.8) is 0 Å². The number of alkyl halides is 3. The standard InChI is InChI=1S/C18H14F3NO3/c19-18(20,21)14-8-4-5-9-15(14)22-16(23)12-25-17(24)11-10-13-6-2-1-3-7-13/h1-11H,12H2,(H,22,23)/b11-10+. The lowest BCUT2D eigenvalue weighted by atomic mass is 10.1. The van der Waals surface area contributed by atoms with E-state index >= 15 is 0 Å². The number of carbonyl (C=O) groups is 2. The van der Waals surface area contributed by atoms with Crippen molar-refractivity contribution < 1.29 is 27.5 Å². The average molecular weight is 349 g/mol. The van der Waals surface area contributed by atoms with Crippen LogP contribution in [0.15, 0.2) is 60.7 Å². The molecular formula is C18H14F3NO3. The third-order valence-electron chi connectivity index (χ3n) is 3.06. The van der Waals surface area contributed by atoms with Gasteiger partial charge in [-0.15, -0.1) is 0 Å². The molecule has 0 aliphatic carbocycles. The molecule has 25 heavy (non-hydrogen) atoms. The number of hydrogen-bond donors (Lipinski definition) is 1. The number of carbonyl (C=O) groups excluding carboxylic acids is 2. The first kappa shape index (κ1) is 18.3. The minimum Gasteiger partial charge on any atom is -0.452 e. The topological polar surface area (TPSA) is 55.4 Å². The van der Waals surface area contributed by atoms with Crippen molar-refractivity contribution in [1.29, 1.82) is 0 Å². The Hall–Kier alpha value is -3.09. The van der Waals surface area contributed by atoms with Crippen LogP contribution >= 0.6 is 0 Å². The maximum atomic E-state index is 12.8. The largest absolute Gasteiger partial charge is 0.452 e. The molecule has 2 rings (SSSR count). The maximum absolute atomic E-state index is 12.8. The molecule has 130 valence electrons. The number of esters is 1. The normalized spacial score (nSPS) is 11.3. The van der Waals surface area contributed by atoms with Crippen LogP contribution in [0.3, 0.4) is 0 Å². The summed E-state index contributed by atoms with van der Waals surface area (Å²) < 4.78 is 43.2. The van der Waals surface area contributed by atoms with Crippen LogP contribution < -0.4 is 5.32 Å². The highest BCUT2D eigenvalue weighted by Gasteiger charge is 2.33. The molecule has 0 bridgehead atoms. The summed E-state index contributed by atoms with van der Waals surface area (Å²) in [6, 6.07) is 13.5. The number of benzene rings is 2. The number of rotatable bonds is 5. The minimum atomic E-state index is -4.60. The van der Waals surface area contributed by atoms with Gasteiger partial charge in [0.1, 0.15) is 0 Å². The first-order valence-corrected chi connectivity index (χ1v) is 7.22. The Morgan fingerprint density at radius 3 is 2.32 bits per heavy atom. The van der Waals surface area contributed by atoms with Gasteiger partial charge in [-0.25, -0.2) is 4.79 Å². The van der Waals surface area contributed by atoms with E-state index < -0.39 is 35.9 Å². The van der Waals surface area contributed by atoms with Crippen molar-refractivity contribution in [2.24, 2.45) is 0 Å². The van der Waals surface area contributed by atoms with Crippen LogP contribution in [0, 0.1) is 0 Å². The van der Waals surface area contributed by atoms with Crippen LogP contribution in [0.5, 0.6) is 0 Å². The molecule has 2 aromatic rings. The van der Waals surface area contributed by atoms with Crippen LogP contribution in [-0.2, 0) is 20.5 Å². The molecule has 1 amide bonds. The van der Waals surface area contributed by atoms with E-state index in [1.54, 1.807) is 24.3 Å². The van der Waals surface area contributed by atoms with Crippen molar-refractivity contribution >= 4 is 23.6 Å². The Balaban J connectivity index is 1.89.